The third-order valence-electron chi connectivity index (χ3n) is 6.14. The van der Waals surface area contributed by atoms with E-state index in [0.717, 1.165) is 66.8 Å². The van der Waals surface area contributed by atoms with Crippen molar-refractivity contribution in [3.8, 4) is 0 Å². The Bertz CT molecular complexity index is 1000. The summed E-state index contributed by atoms with van der Waals surface area (Å²) in [5, 5.41) is 7.57. The van der Waals surface area contributed by atoms with E-state index < -0.39 is 0 Å². The second kappa shape index (κ2) is 6.51. The molecule has 0 spiro atoms. The smallest absolute Gasteiger partial charge is 0.275 e. The van der Waals surface area contributed by atoms with Gasteiger partial charge in [0.15, 0.2) is 5.69 Å². The summed E-state index contributed by atoms with van der Waals surface area (Å²) in [4.78, 5) is 20.2. The number of para-hydroxylation sites is 2. The van der Waals surface area contributed by atoms with Gasteiger partial charge in [-0.15, -0.1) is 0 Å². The maximum absolute atomic E-state index is 13.4. The monoisotopic (exact) mass is 363 g/mol. The van der Waals surface area contributed by atoms with Crippen molar-refractivity contribution < 1.29 is 4.79 Å². The third kappa shape index (κ3) is 2.66. The highest BCUT2D eigenvalue weighted by Crippen LogP contribution is 2.34. The van der Waals surface area contributed by atoms with E-state index in [-0.39, 0.29) is 11.9 Å². The first-order valence-electron chi connectivity index (χ1n) is 10.0. The van der Waals surface area contributed by atoms with Crippen LogP contribution in [0.5, 0.6) is 0 Å². The molecule has 1 fully saturated rings. The standard InChI is InChI=1S/C21H25N5O/c1-25-17-11-6-5-10-16(17)22-20(25)18-12-7-13-26(18)21(27)19-14-8-3-2-4-9-15(14)23-24-19/h5-6,10-11,18H,2-4,7-9,12-13H2,1H3,(H,23,24)/t18-/m1/s1. The molecule has 3 heterocycles. The van der Waals surface area contributed by atoms with Crippen LogP contribution in [0.25, 0.3) is 11.0 Å². The fourth-order valence-corrected chi connectivity index (χ4v) is 4.71. The Balaban J connectivity index is 1.50. The van der Waals surface area contributed by atoms with Crippen LogP contribution in [-0.4, -0.2) is 37.1 Å². The van der Waals surface area contributed by atoms with Gasteiger partial charge in [-0.05, 0) is 50.7 Å². The zero-order valence-corrected chi connectivity index (χ0v) is 15.7. The number of likely N-dealkylation sites (tertiary alicyclic amines) is 1. The lowest BCUT2D eigenvalue weighted by Crippen LogP contribution is -2.32. The van der Waals surface area contributed by atoms with Crippen LogP contribution in [0.2, 0.25) is 0 Å². The van der Waals surface area contributed by atoms with Crippen molar-refractivity contribution in [2.45, 2.75) is 51.0 Å². The third-order valence-corrected chi connectivity index (χ3v) is 6.14. The molecular formula is C21H25N5O. The SMILES string of the molecule is Cn1c([C@H]2CCCN2C(=O)c2n[nH]c3c2CCCCC3)nc2ccccc21. The van der Waals surface area contributed by atoms with E-state index >= 15 is 0 Å². The minimum atomic E-state index is 0.0213. The first-order chi connectivity index (χ1) is 13.2. The molecule has 1 aliphatic carbocycles. The average Bonchev–Trinajstić information content (AvgIpc) is 3.36. The predicted molar refractivity (Wildman–Crippen MR) is 104 cm³/mol. The Labute approximate surface area is 158 Å². The highest BCUT2D eigenvalue weighted by atomic mass is 16.2. The Morgan fingerprint density at radius 3 is 2.89 bits per heavy atom. The summed E-state index contributed by atoms with van der Waals surface area (Å²) in [5.41, 5.74) is 5.04. The number of aromatic amines is 1. The van der Waals surface area contributed by atoms with Gasteiger partial charge in [0.05, 0.1) is 17.1 Å². The van der Waals surface area contributed by atoms with Crippen LogP contribution in [0.15, 0.2) is 24.3 Å². The average molecular weight is 363 g/mol. The van der Waals surface area contributed by atoms with Crippen LogP contribution in [0.3, 0.4) is 0 Å². The van der Waals surface area contributed by atoms with E-state index in [1.807, 2.05) is 30.1 Å². The van der Waals surface area contributed by atoms with Gasteiger partial charge in [0.2, 0.25) is 0 Å². The van der Waals surface area contributed by atoms with Crippen LogP contribution in [0.4, 0.5) is 0 Å². The Kier molecular flexibility index (Phi) is 3.99. The van der Waals surface area contributed by atoms with Gasteiger partial charge < -0.3 is 9.47 Å². The molecule has 27 heavy (non-hydrogen) atoms. The zero-order chi connectivity index (χ0) is 18.4. The van der Waals surface area contributed by atoms with Gasteiger partial charge in [0, 0.05) is 24.8 Å². The molecular weight excluding hydrogens is 338 g/mol. The Morgan fingerprint density at radius 1 is 1.15 bits per heavy atom. The lowest BCUT2D eigenvalue weighted by molar-refractivity contribution is 0.0721. The lowest BCUT2D eigenvalue weighted by Gasteiger charge is -2.24. The number of imidazole rings is 1. The highest BCUT2D eigenvalue weighted by Gasteiger charge is 2.36. The molecule has 2 aliphatic rings. The quantitative estimate of drug-likeness (QED) is 0.708. The molecule has 0 unspecified atom stereocenters. The van der Waals surface area contributed by atoms with Gasteiger partial charge in [-0.2, -0.15) is 5.10 Å². The Hall–Kier alpha value is -2.63. The molecule has 1 N–H and O–H groups in total. The number of hydrogen-bond acceptors (Lipinski definition) is 3. The van der Waals surface area contributed by atoms with E-state index in [1.165, 1.54) is 12.8 Å². The van der Waals surface area contributed by atoms with Crippen molar-refractivity contribution in [2.75, 3.05) is 6.54 Å². The fraction of sp³-hybridized carbons (Fsp3) is 0.476. The number of hydrogen-bond donors (Lipinski definition) is 1. The summed E-state index contributed by atoms with van der Waals surface area (Å²) in [6.07, 6.45) is 7.46. The molecule has 2 aromatic heterocycles. The number of carbonyl (C=O) groups is 1. The number of benzene rings is 1. The Morgan fingerprint density at radius 2 is 2.00 bits per heavy atom. The van der Waals surface area contributed by atoms with Gasteiger partial charge in [0.25, 0.3) is 5.91 Å². The number of aryl methyl sites for hydroxylation is 2. The normalized spacial score (nSPS) is 20.0. The molecule has 1 aromatic carbocycles. The van der Waals surface area contributed by atoms with Crippen molar-refractivity contribution in [3.63, 3.8) is 0 Å². The molecule has 3 aromatic rings. The van der Waals surface area contributed by atoms with Gasteiger partial charge in [-0.1, -0.05) is 18.6 Å². The lowest BCUT2D eigenvalue weighted by atomic mass is 10.1. The van der Waals surface area contributed by atoms with Gasteiger partial charge in [-0.3, -0.25) is 9.89 Å². The molecule has 6 heteroatoms. The minimum absolute atomic E-state index is 0.0213. The number of rotatable bonds is 2. The van der Waals surface area contributed by atoms with E-state index in [2.05, 4.69) is 20.8 Å². The van der Waals surface area contributed by atoms with E-state index in [9.17, 15) is 4.79 Å². The maximum atomic E-state index is 13.4. The molecule has 1 aliphatic heterocycles. The van der Waals surface area contributed by atoms with Crippen molar-refractivity contribution >= 4 is 16.9 Å². The summed E-state index contributed by atoms with van der Waals surface area (Å²) < 4.78 is 2.14. The molecule has 1 amide bonds. The van der Waals surface area contributed by atoms with Crippen LogP contribution in [0, 0.1) is 0 Å². The van der Waals surface area contributed by atoms with Crippen LogP contribution in [-0.2, 0) is 19.9 Å². The fourth-order valence-electron chi connectivity index (χ4n) is 4.71. The maximum Gasteiger partial charge on any atom is 0.275 e. The molecule has 140 valence electrons. The molecule has 0 radical (unpaired) electrons. The summed E-state index contributed by atoms with van der Waals surface area (Å²) in [5.74, 6) is 1.03. The molecule has 5 rings (SSSR count). The number of aromatic nitrogens is 4. The number of carbonyl (C=O) groups excluding carboxylic acids is 1. The van der Waals surface area contributed by atoms with Crippen LogP contribution in [0.1, 0.15) is 65.7 Å². The van der Waals surface area contributed by atoms with E-state index in [0.29, 0.717) is 5.69 Å². The predicted octanol–water partition coefficient (Wildman–Crippen LogP) is 3.54. The first-order valence-corrected chi connectivity index (χ1v) is 10.0. The van der Waals surface area contributed by atoms with E-state index in [1.54, 1.807) is 0 Å². The first kappa shape index (κ1) is 16.5. The van der Waals surface area contributed by atoms with Crippen molar-refractivity contribution in [1.82, 2.24) is 24.6 Å². The summed E-state index contributed by atoms with van der Waals surface area (Å²) in [6.45, 7) is 0.772. The topological polar surface area (TPSA) is 66.8 Å². The van der Waals surface area contributed by atoms with Crippen molar-refractivity contribution in [3.05, 3.63) is 47.0 Å². The van der Waals surface area contributed by atoms with Crippen molar-refractivity contribution in [1.29, 1.82) is 0 Å². The number of nitrogens with zero attached hydrogens (tertiary/aromatic N) is 4. The summed E-state index contributed by atoms with van der Waals surface area (Å²) >= 11 is 0. The van der Waals surface area contributed by atoms with Gasteiger partial charge in [-0.25, -0.2) is 4.98 Å². The van der Waals surface area contributed by atoms with Gasteiger partial charge in [0.1, 0.15) is 5.82 Å². The summed E-state index contributed by atoms with van der Waals surface area (Å²) in [7, 11) is 2.05. The van der Waals surface area contributed by atoms with Crippen LogP contribution < -0.4 is 0 Å². The number of H-pyrrole nitrogens is 1. The second-order valence-corrected chi connectivity index (χ2v) is 7.76. The number of nitrogens with one attached hydrogen (secondary N) is 1. The molecule has 0 saturated carbocycles. The largest absolute Gasteiger partial charge is 0.329 e. The second-order valence-electron chi connectivity index (χ2n) is 7.76. The van der Waals surface area contributed by atoms with Gasteiger partial charge >= 0.3 is 0 Å². The highest BCUT2D eigenvalue weighted by molar-refractivity contribution is 5.94. The van der Waals surface area contributed by atoms with E-state index in [4.69, 9.17) is 4.98 Å². The molecule has 6 nitrogen and oxygen atoms in total. The molecule has 1 saturated heterocycles. The molecule has 1 atom stereocenters. The van der Waals surface area contributed by atoms with Crippen molar-refractivity contribution in [2.24, 2.45) is 7.05 Å². The minimum Gasteiger partial charge on any atom is -0.329 e. The summed E-state index contributed by atoms with van der Waals surface area (Å²) in [6, 6.07) is 8.18. The number of amides is 1. The molecule has 0 bridgehead atoms. The number of fused-ring (bicyclic) bond motifs is 2. The van der Waals surface area contributed by atoms with Crippen LogP contribution >= 0.6 is 0 Å². The zero-order valence-electron chi connectivity index (χ0n) is 15.7.